The molecule has 1 fully saturated rings. The number of nitrogens with one attached hydrogen (secondary N) is 1. The van der Waals surface area contributed by atoms with Gasteiger partial charge in [0.25, 0.3) is 0 Å². The van der Waals surface area contributed by atoms with E-state index in [1.807, 2.05) is 60.7 Å². The topological polar surface area (TPSA) is 173 Å². The van der Waals surface area contributed by atoms with E-state index in [0.717, 1.165) is 10.9 Å². The zero-order valence-electron chi connectivity index (χ0n) is 23.7. The smallest absolute Gasteiger partial charge is 0.459 e. The molecule has 0 spiro atoms. The van der Waals surface area contributed by atoms with Crippen molar-refractivity contribution in [3.63, 3.8) is 0 Å². The normalized spacial score (nSPS) is 20.4. The SMILES string of the molecule is C[C@@H](NP(=O)(OC[C@@H]1C[C@@H](O)[C@H](n2cnc3c(N)ncnc32)O1)Oc1cccc2ccccc12)C(=O)OCc1ccccc1. The van der Waals surface area contributed by atoms with Gasteiger partial charge in [0.15, 0.2) is 17.7 Å². The summed E-state index contributed by atoms with van der Waals surface area (Å²) in [7, 11) is -4.22. The van der Waals surface area contributed by atoms with Crippen molar-refractivity contribution in [1.82, 2.24) is 24.6 Å². The number of fused-ring (bicyclic) bond motifs is 2. The Balaban J connectivity index is 1.18. The van der Waals surface area contributed by atoms with Gasteiger partial charge in [-0.3, -0.25) is 13.9 Å². The molecule has 3 aromatic carbocycles. The molecule has 3 heterocycles. The van der Waals surface area contributed by atoms with Crippen LogP contribution in [0, 0.1) is 0 Å². The largest absolute Gasteiger partial charge is 0.460 e. The average molecular weight is 619 g/mol. The van der Waals surface area contributed by atoms with Gasteiger partial charge in [-0.1, -0.05) is 66.7 Å². The van der Waals surface area contributed by atoms with Crippen LogP contribution in [0.4, 0.5) is 5.82 Å². The zero-order valence-corrected chi connectivity index (χ0v) is 24.6. The number of rotatable bonds is 11. The van der Waals surface area contributed by atoms with E-state index < -0.39 is 38.2 Å². The van der Waals surface area contributed by atoms with Gasteiger partial charge in [0.05, 0.1) is 19.0 Å². The quantitative estimate of drug-likeness (QED) is 0.143. The van der Waals surface area contributed by atoms with Crippen LogP contribution >= 0.6 is 7.75 Å². The average Bonchev–Trinajstić information content (AvgIpc) is 3.63. The van der Waals surface area contributed by atoms with Gasteiger partial charge < -0.3 is 24.8 Å². The number of nitrogen functional groups attached to an aromatic ring is 1. The second-order valence-electron chi connectivity index (χ2n) is 10.3. The van der Waals surface area contributed by atoms with E-state index in [9.17, 15) is 14.5 Å². The third-order valence-corrected chi connectivity index (χ3v) is 8.78. The summed E-state index contributed by atoms with van der Waals surface area (Å²) >= 11 is 0. The first-order valence-electron chi connectivity index (χ1n) is 14.0. The number of aliphatic hydroxyl groups excluding tert-OH is 1. The fourth-order valence-electron chi connectivity index (χ4n) is 4.96. The van der Waals surface area contributed by atoms with Crippen LogP contribution in [0.5, 0.6) is 5.75 Å². The maximum Gasteiger partial charge on any atom is 0.459 e. The summed E-state index contributed by atoms with van der Waals surface area (Å²) in [6.45, 7) is 1.34. The first-order chi connectivity index (χ1) is 21.3. The van der Waals surface area contributed by atoms with E-state index in [0.29, 0.717) is 22.3 Å². The minimum Gasteiger partial charge on any atom is -0.460 e. The minimum absolute atomic E-state index is 0.0513. The maximum absolute atomic E-state index is 14.2. The highest BCUT2D eigenvalue weighted by atomic mass is 31.2. The number of imidazole rings is 1. The van der Waals surface area contributed by atoms with Gasteiger partial charge in [0.1, 0.15) is 36.3 Å². The van der Waals surface area contributed by atoms with Gasteiger partial charge in [-0.25, -0.2) is 19.5 Å². The van der Waals surface area contributed by atoms with Crippen molar-refractivity contribution in [2.45, 2.75) is 44.4 Å². The minimum atomic E-state index is -4.22. The molecule has 1 saturated heterocycles. The second kappa shape index (κ2) is 12.7. The van der Waals surface area contributed by atoms with Crippen LogP contribution in [-0.4, -0.2) is 55.5 Å². The molecule has 44 heavy (non-hydrogen) atoms. The molecular formula is C30H31N6O7P. The third-order valence-electron chi connectivity index (χ3n) is 7.15. The van der Waals surface area contributed by atoms with Crippen LogP contribution in [0.25, 0.3) is 21.9 Å². The molecule has 14 heteroatoms. The first-order valence-corrected chi connectivity index (χ1v) is 15.5. The standard InChI is InChI=1S/C30H31N6O7P/c1-19(30(38)40-15-20-8-3-2-4-9-20)35-44(39,43-25-13-7-11-21-10-5-6-12-23(21)25)41-16-22-14-24(37)29(42-22)36-18-34-26-27(31)32-17-33-28(26)36/h2-13,17-19,22,24,29,37H,14-16H2,1H3,(H,35,39)(H2,31,32,33)/t19-,22+,24-,29-,44?/m1/s1. The Hall–Kier alpha value is -4.39. The van der Waals surface area contributed by atoms with Crippen LogP contribution in [0.1, 0.15) is 25.1 Å². The van der Waals surface area contributed by atoms with Crippen LogP contribution in [0.15, 0.2) is 85.5 Å². The maximum atomic E-state index is 14.2. The molecule has 13 nitrogen and oxygen atoms in total. The van der Waals surface area contributed by atoms with Crippen LogP contribution in [-0.2, 0) is 30.0 Å². The van der Waals surface area contributed by atoms with Gasteiger partial charge >= 0.3 is 13.7 Å². The lowest BCUT2D eigenvalue weighted by Gasteiger charge is -2.24. The van der Waals surface area contributed by atoms with E-state index in [2.05, 4.69) is 20.0 Å². The fraction of sp³-hybridized carbons (Fsp3) is 0.267. The number of esters is 1. The van der Waals surface area contributed by atoms with Gasteiger partial charge in [0.2, 0.25) is 0 Å². The Labute approximate surface area is 252 Å². The summed E-state index contributed by atoms with van der Waals surface area (Å²) in [4.78, 5) is 25.3. The molecule has 6 rings (SSSR count). The molecule has 0 radical (unpaired) electrons. The molecule has 4 N–H and O–H groups in total. The summed E-state index contributed by atoms with van der Waals surface area (Å²) in [6, 6.07) is 21.0. The molecule has 0 saturated carbocycles. The highest BCUT2D eigenvalue weighted by Crippen LogP contribution is 2.47. The number of aliphatic hydroxyl groups is 1. The van der Waals surface area contributed by atoms with Crippen LogP contribution < -0.4 is 15.3 Å². The Kier molecular flexibility index (Phi) is 8.56. The van der Waals surface area contributed by atoms with Crippen molar-refractivity contribution in [3.05, 3.63) is 91.0 Å². The van der Waals surface area contributed by atoms with Crippen molar-refractivity contribution in [2.24, 2.45) is 0 Å². The highest BCUT2D eigenvalue weighted by Gasteiger charge is 2.39. The van der Waals surface area contributed by atoms with Crippen molar-refractivity contribution in [2.75, 3.05) is 12.3 Å². The van der Waals surface area contributed by atoms with Crippen molar-refractivity contribution < 1.29 is 33.0 Å². The summed E-state index contributed by atoms with van der Waals surface area (Å²) in [5.74, 6) is -0.133. The van der Waals surface area contributed by atoms with Gasteiger partial charge in [-0.15, -0.1) is 0 Å². The van der Waals surface area contributed by atoms with Gasteiger partial charge in [-0.2, -0.15) is 5.09 Å². The summed E-state index contributed by atoms with van der Waals surface area (Å²) in [5.41, 5.74) is 7.49. The summed E-state index contributed by atoms with van der Waals surface area (Å²) in [6.07, 6.45) is 0.449. The Morgan fingerprint density at radius 1 is 1.11 bits per heavy atom. The first kappa shape index (κ1) is 29.7. The number of ether oxygens (including phenoxy) is 2. The Morgan fingerprint density at radius 3 is 2.73 bits per heavy atom. The molecule has 0 bridgehead atoms. The molecule has 0 aliphatic carbocycles. The molecular weight excluding hydrogens is 587 g/mol. The molecule has 5 atom stereocenters. The molecule has 1 aliphatic rings. The van der Waals surface area contributed by atoms with E-state index in [1.54, 1.807) is 16.7 Å². The molecule has 5 aromatic rings. The number of hydrogen-bond donors (Lipinski definition) is 3. The molecule has 1 aliphatic heterocycles. The van der Waals surface area contributed by atoms with E-state index in [4.69, 9.17) is 24.3 Å². The number of nitrogens with zero attached hydrogens (tertiary/aromatic N) is 4. The lowest BCUT2D eigenvalue weighted by atomic mass is 10.1. The zero-order chi connectivity index (χ0) is 30.7. The number of nitrogens with two attached hydrogens (primary N) is 1. The second-order valence-corrected chi connectivity index (χ2v) is 12.0. The predicted molar refractivity (Wildman–Crippen MR) is 161 cm³/mol. The Bertz CT molecular complexity index is 1810. The molecule has 0 amide bonds. The lowest BCUT2D eigenvalue weighted by molar-refractivity contribution is -0.146. The number of carbonyl (C=O) groups excluding carboxylic acids is 1. The lowest BCUT2D eigenvalue weighted by Crippen LogP contribution is -2.35. The molecule has 2 aromatic heterocycles. The van der Waals surface area contributed by atoms with Gasteiger partial charge in [0, 0.05) is 11.8 Å². The fourth-order valence-corrected chi connectivity index (χ4v) is 6.50. The van der Waals surface area contributed by atoms with Gasteiger partial charge in [-0.05, 0) is 23.9 Å². The number of benzene rings is 3. The monoisotopic (exact) mass is 618 g/mol. The predicted octanol–water partition coefficient (Wildman–Crippen LogP) is 4.14. The van der Waals surface area contributed by atoms with E-state index in [1.165, 1.54) is 19.6 Å². The third kappa shape index (κ3) is 6.42. The van der Waals surface area contributed by atoms with Crippen LogP contribution in [0.2, 0.25) is 0 Å². The highest BCUT2D eigenvalue weighted by molar-refractivity contribution is 7.52. The number of anilines is 1. The van der Waals surface area contributed by atoms with Crippen molar-refractivity contribution >= 4 is 41.5 Å². The number of carbonyl (C=O) groups is 1. The number of hydrogen-bond acceptors (Lipinski definition) is 11. The number of aromatic nitrogens is 4. The molecule has 1 unspecified atom stereocenters. The van der Waals surface area contributed by atoms with Crippen molar-refractivity contribution in [3.8, 4) is 5.75 Å². The molecule has 228 valence electrons. The Morgan fingerprint density at radius 2 is 1.89 bits per heavy atom. The summed E-state index contributed by atoms with van der Waals surface area (Å²) < 4.78 is 39.2. The van der Waals surface area contributed by atoms with E-state index >= 15 is 0 Å². The van der Waals surface area contributed by atoms with E-state index in [-0.39, 0.29) is 25.5 Å². The van der Waals surface area contributed by atoms with Crippen LogP contribution in [0.3, 0.4) is 0 Å². The summed E-state index contributed by atoms with van der Waals surface area (Å²) in [5, 5.41) is 15.1. The van der Waals surface area contributed by atoms with Crippen molar-refractivity contribution in [1.29, 1.82) is 0 Å².